The molecule has 0 heterocycles. The van der Waals surface area contributed by atoms with E-state index in [1.54, 1.807) is 44.2 Å². The fourth-order valence-electron chi connectivity index (χ4n) is 2.26. The molecule has 124 valence electrons. The lowest BCUT2D eigenvalue weighted by molar-refractivity contribution is -0.114. The standard InChI is InChI=1S/C16H21N3O3S/c1-11(20)18-14-8-9-15(13-7-5-4-6-12(13)14)23(21,22)19-16(2,3)10-17/h4-9,19H,10,17H2,1-3H3,(H,18,20). The minimum absolute atomic E-state index is 0.156. The second-order valence-electron chi connectivity index (χ2n) is 6.03. The molecule has 7 heteroatoms. The summed E-state index contributed by atoms with van der Waals surface area (Å²) in [6, 6.07) is 10.1. The predicted molar refractivity (Wildman–Crippen MR) is 91.7 cm³/mol. The van der Waals surface area contributed by atoms with Crippen LogP contribution in [0.1, 0.15) is 20.8 Å². The second-order valence-corrected chi connectivity index (χ2v) is 7.68. The van der Waals surface area contributed by atoms with Gasteiger partial charge in [-0.25, -0.2) is 13.1 Å². The average molecular weight is 335 g/mol. The van der Waals surface area contributed by atoms with Crippen LogP contribution in [0.25, 0.3) is 10.8 Å². The van der Waals surface area contributed by atoms with Gasteiger partial charge in [0.25, 0.3) is 0 Å². The number of hydrogen-bond acceptors (Lipinski definition) is 4. The summed E-state index contributed by atoms with van der Waals surface area (Å²) >= 11 is 0. The summed E-state index contributed by atoms with van der Waals surface area (Å²) in [5.41, 5.74) is 5.43. The Morgan fingerprint density at radius 3 is 2.30 bits per heavy atom. The van der Waals surface area contributed by atoms with Gasteiger partial charge in [-0.15, -0.1) is 0 Å². The van der Waals surface area contributed by atoms with Gasteiger partial charge in [0.2, 0.25) is 15.9 Å². The molecule has 4 N–H and O–H groups in total. The molecule has 0 bridgehead atoms. The van der Waals surface area contributed by atoms with Gasteiger partial charge in [0.05, 0.1) is 4.90 Å². The zero-order valence-electron chi connectivity index (χ0n) is 13.4. The summed E-state index contributed by atoms with van der Waals surface area (Å²) < 4.78 is 28.0. The van der Waals surface area contributed by atoms with E-state index in [-0.39, 0.29) is 17.3 Å². The fraction of sp³-hybridized carbons (Fsp3) is 0.312. The molecule has 0 spiro atoms. The van der Waals surface area contributed by atoms with Crippen LogP contribution in [0.3, 0.4) is 0 Å². The van der Waals surface area contributed by atoms with Crippen molar-refractivity contribution in [2.45, 2.75) is 31.2 Å². The van der Waals surface area contributed by atoms with Gasteiger partial charge >= 0.3 is 0 Å². The van der Waals surface area contributed by atoms with Crippen molar-refractivity contribution in [3.05, 3.63) is 36.4 Å². The van der Waals surface area contributed by atoms with E-state index in [2.05, 4.69) is 10.0 Å². The number of amides is 1. The van der Waals surface area contributed by atoms with E-state index in [4.69, 9.17) is 5.73 Å². The third-order valence-electron chi connectivity index (χ3n) is 3.41. The highest BCUT2D eigenvalue weighted by molar-refractivity contribution is 7.89. The van der Waals surface area contributed by atoms with Gasteiger partial charge in [-0.1, -0.05) is 24.3 Å². The summed E-state index contributed by atoms with van der Waals surface area (Å²) in [4.78, 5) is 11.5. The van der Waals surface area contributed by atoms with Crippen LogP contribution in [0.15, 0.2) is 41.3 Å². The smallest absolute Gasteiger partial charge is 0.241 e. The van der Waals surface area contributed by atoms with Crippen LogP contribution in [0, 0.1) is 0 Å². The first-order valence-electron chi connectivity index (χ1n) is 7.20. The number of hydrogen-bond donors (Lipinski definition) is 3. The maximum atomic E-state index is 12.7. The van der Waals surface area contributed by atoms with Gasteiger partial charge in [-0.3, -0.25) is 4.79 Å². The lowest BCUT2D eigenvalue weighted by Crippen LogP contribution is -2.48. The topological polar surface area (TPSA) is 101 Å². The number of benzene rings is 2. The van der Waals surface area contributed by atoms with E-state index in [9.17, 15) is 13.2 Å². The van der Waals surface area contributed by atoms with Crippen molar-refractivity contribution in [1.82, 2.24) is 4.72 Å². The molecule has 2 aromatic rings. The molecular formula is C16H21N3O3S. The van der Waals surface area contributed by atoms with Gasteiger partial charge in [0.15, 0.2) is 0 Å². The lowest BCUT2D eigenvalue weighted by Gasteiger charge is -2.24. The molecule has 0 aliphatic heterocycles. The van der Waals surface area contributed by atoms with Gasteiger partial charge < -0.3 is 11.1 Å². The Morgan fingerprint density at radius 2 is 1.74 bits per heavy atom. The summed E-state index contributed by atoms with van der Waals surface area (Å²) in [6.07, 6.45) is 0. The number of carbonyl (C=O) groups is 1. The first-order valence-corrected chi connectivity index (χ1v) is 8.68. The van der Waals surface area contributed by atoms with Gasteiger partial charge in [-0.2, -0.15) is 0 Å². The maximum absolute atomic E-state index is 12.7. The van der Waals surface area contributed by atoms with E-state index in [0.29, 0.717) is 16.5 Å². The Labute approximate surface area is 136 Å². The zero-order valence-corrected chi connectivity index (χ0v) is 14.2. The summed E-state index contributed by atoms with van der Waals surface area (Å²) in [7, 11) is -3.74. The molecule has 0 saturated heterocycles. The highest BCUT2D eigenvalue weighted by Gasteiger charge is 2.26. The number of anilines is 1. The molecule has 0 atom stereocenters. The Hall–Kier alpha value is -1.96. The first-order chi connectivity index (χ1) is 10.7. The molecule has 0 radical (unpaired) electrons. The zero-order chi connectivity index (χ0) is 17.3. The van der Waals surface area contributed by atoms with Crippen molar-refractivity contribution < 1.29 is 13.2 Å². The molecule has 0 fully saturated rings. The van der Waals surface area contributed by atoms with Gasteiger partial charge in [0, 0.05) is 35.5 Å². The van der Waals surface area contributed by atoms with Crippen LogP contribution in [-0.2, 0) is 14.8 Å². The van der Waals surface area contributed by atoms with Crippen LogP contribution in [0.2, 0.25) is 0 Å². The number of rotatable bonds is 5. The molecule has 0 aliphatic carbocycles. The number of sulfonamides is 1. The molecule has 23 heavy (non-hydrogen) atoms. The van der Waals surface area contributed by atoms with Crippen LogP contribution >= 0.6 is 0 Å². The normalized spacial score (nSPS) is 12.3. The van der Waals surface area contributed by atoms with Crippen molar-refractivity contribution in [3.63, 3.8) is 0 Å². The molecule has 2 rings (SSSR count). The van der Waals surface area contributed by atoms with E-state index < -0.39 is 15.6 Å². The molecule has 6 nitrogen and oxygen atoms in total. The molecule has 0 saturated carbocycles. The van der Waals surface area contributed by atoms with Gasteiger partial charge in [-0.05, 0) is 26.0 Å². The SMILES string of the molecule is CC(=O)Nc1ccc(S(=O)(=O)NC(C)(C)CN)c2ccccc12. The molecular weight excluding hydrogens is 314 g/mol. The van der Waals surface area contributed by atoms with E-state index >= 15 is 0 Å². The highest BCUT2D eigenvalue weighted by atomic mass is 32.2. The van der Waals surface area contributed by atoms with Crippen LogP contribution < -0.4 is 15.8 Å². The number of nitrogens with one attached hydrogen (secondary N) is 2. The quantitative estimate of drug-likeness (QED) is 0.775. The second kappa shape index (κ2) is 6.27. The van der Waals surface area contributed by atoms with Crippen LogP contribution in [0.4, 0.5) is 5.69 Å². The lowest BCUT2D eigenvalue weighted by atomic mass is 10.1. The molecule has 0 unspecified atom stereocenters. The van der Waals surface area contributed by atoms with E-state index in [0.717, 1.165) is 0 Å². The number of fused-ring (bicyclic) bond motifs is 1. The first kappa shape index (κ1) is 17.4. The van der Waals surface area contributed by atoms with Crippen LogP contribution in [-0.4, -0.2) is 26.4 Å². The van der Waals surface area contributed by atoms with Gasteiger partial charge in [0.1, 0.15) is 0 Å². The third kappa shape index (κ3) is 3.87. The average Bonchev–Trinajstić information content (AvgIpc) is 2.45. The predicted octanol–water partition coefficient (Wildman–Crippen LogP) is 1.81. The Balaban J connectivity index is 2.61. The third-order valence-corrected chi connectivity index (χ3v) is 5.16. The minimum Gasteiger partial charge on any atom is -0.329 e. The molecule has 2 aromatic carbocycles. The number of carbonyl (C=O) groups excluding carboxylic acids is 1. The largest absolute Gasteiger partial charge is 0.329 e. The summed E-state index contributed by atoms with van der Waals surface area (Å²) in [5.74, 6) is -0.215. The van der Waals surface area contributed by atoms with E-state index in [1.165, 1.54) is 13.0 Å². The van der Waals surface area contributed by atoms with Crippen LogP contribution in [0.5, 0.6) is 0 Å². The van der Waals surface area contributed by atoms with E-state index in [1.807, 2.05) is 0 Å². The highest BCUT2D eigenvalue weighted by Crippen LogP contribution is 2.30. The maximum Gasteiger partial charge on any atom is 0.241 e. The Kier molecular flexibility index (Phi) is 4.74. The monoisotopic (exact) mass is 335 g/mol. The summed E-state index contributed by atoms with van der Waals surface area (Å²) in [5, 5.41) is 3.92. The summed E-state index contributed by atoms with van der Waals surface area (Å²) in [6.45, 7) is 5.02. The fourth-order valence-corrected chi connectivity index (χ4v) is 3.90. The Morgan fingerprint density at radius 1 is 1.13 bits per heavy atom. The van der Waals surface area contributed by atoms with Crippen molar-refractivity contribution in [2.24, 2.45) is 5.73 Å². The Bertz CT molecular complexity index is 845. The van der Waals surface area contributed by atoms with Crippen molar-refractivity contribution in [1.29, 1.82) is 0 Å². The van der Waals surface area contributed by atoms with Crippen molar-refractivity contribution in [2.75, 3.05) is 11.9 Å². The van der Waals surface area contributed by atoms with Crippen molar-refractivity contribution in [3.8, 4) is 0 Å². The number of nitrogens with two attached hydrogens (primary N) is 1. The minimum atomic E-state index is -3.74. The molecule has 1 amide bonds. The molecule has 0 aromatic heterocycles. The molecule has 0 aliphatic rings. The van der Waals surface area contributed by atoms with Crippen molar-refractivity contribution >= 4 is 32.4 Å².